The van der Waals surface area contributed by atoms with Crippen molar-refractivity contribution in [2.45, 2.75) is 80.4 Å². The first kappa shape index (κ1) is 24.7. The van der Waals surface area contributed by atoms with Gasteiger partial charge < -0.3 is 9.47 Å². The lowest BCUT2D eigenvalue weighted by atomic mass is 9.68. The van der Waals surface area contributed by atoms with E-state index in [-0.39, 0.29) is 12.1 Å². The van der Waals surface area contributed by atoms with Crippen molar-refractivity contribution >= 4 is 5.97 Å². The number of hydrogen-bond acceptors (Lipinski definition) is 3. The largest absolute Gasteiger partial charge is 0.457 e. The Hall–Kier alpha value is -1.61. The Morgan fingerprint density at radius 2 is 1.80 bits per heavy atom. The van der Waals surface area contributed by atoms with Crippen LogP contribution in [-0.4, -0.2) is 18.7 Å². The molecule has 4 atom stereocenters. The molecule has 0 aromatic heterocycles. The number of carbonyl (C=O) groups is 1. The number of ether oxygens (including phenoxy) is 2. The van der Waals surface area contributed by atoms with Gasteiger partial charge in [0.25, 0.3) is 0 Å². The molecule has 0 unspecified atom stereocenters. The third-order valence-electron chi connectivity index (χ3n) is 6.24. The number of hydrogen-bond donors (Lipinski definition) is 0. The summed E-state index contributed by atoms with van der Waals surface area (Å²) in [5.74, 6) is 2.07. The molecule has 1 fully saturated rings. The monoisotopic (exact) mass is 414 g/mol. The lowest BCUT2D eigenvalue weighted by Crippen LogP contribution is -2.39. The van der Waals surface area contributed by atoms with E-state index in [2.05, 4.69) is 45.9 Å². The van der Waals surface area contributed by atoms with Crippen LogP contribution in [0.4, 0.5) is 0 Å². The second-order valence-electron chi connectivity index (χ2n) is 10.6. The molecule has 1 aliphatic rings. The van der Waals surface area contributed by atoms with Gasteiger partial charge in [0.05, 0.1) is 18.6 Å². The fourth-order valence-electron chi connectivity index (χ4n) is 4.43. The summed E-state index contributed by atoms with van der Waals surface area (Å²) in [4.78, 5) is 12.8. The zero-order chi connectivity index (χ0) is 22.3. The van der Waals surface area contributed by atoms with Crippen molar-refractivity contribution in [1.29, 1.82) is 0 Å². The summed E-state index contributed by atoms with van der Waals surface area (Å²) in [7, 11) is 0. The molecule has 168 valence electrons. The van der Waals surface area contributed by atoms with E-state index in [1.807, 2.05) is 39.0 Å². The van der Waals surface area contributed by atoms with Gasteiger partial charge in [0.2, 0.25) is 0 Å². The Kier molecular flexibility index (Phi) is 9.15. The highest BCUT2D eigenvalue weighted by molar-refractivity contribution is 5.75. The standard InChI is InChI=1S/C27H42O3/c1-19(2)23-14-13-20(3)15-24(23)25(30-26(28)27(5,6)7)16-21(4)17-29-18-22-11-9-8-10-12-22/h8-12,16,19-20,23-25H,13-15,17-18H2,1-7H3/b21-16+/t20-,23+,24-,25-/m1/s1. The molecule has 0 bridgehead atoms. The van der Waals surface area contributed by atoms with Gasteiger partial charge in [-0.3, -0.25) is 4.79 Å². The number of rotatable bonds is 8. The SMILES string of the molecule is C/C(=C\[C@@H](OC(=O)C(C)(C)C)[C@@H]1C[C@H](C)CC[C@H]1C(C)C)COCc1ccccc1. The van der Waals surface area contributed by atoms with Gasteiger partial charge in [0, 0.05) is 5.92 Å². The zero-order valence-corrected chi connectivity index (χ0v) is 20.1. The van der Waals surface area contributed by atoms with Crippen LogP contribution in [0.5, 0.6) is 0 Å². The smallest absolute Gasteiger partial charge is 0.311 e. The minimum absolute atomic E-state index is 0.123. The van der Waals surface area contributed by atoms with Gasteiger partial charge in [-0.15, -0.1) is 0 Å². The van der Waals surface area contributed by atoms with E-state index in [4.69, 9.17) is 9.47 Å². The fraction of sp³-hybridized carbons (Fsp3) is 0.667. The summed E-state index contributed by atoms with van der Waals surface area (Å²) in [6.07, 6.45) is 5.56. The molecule has 0 heterocycles. The molecule has 2 rings (SSSR count). The quantitative estimate of drug-likeness (QED) is 0.346. The van der Waals surface area contributed by atoms with Crippen LogP contribution >= 0.6 is 0 Å². The number of esters is 1. The van der Waals surface area contributed by atoms with Gasteiger partial charge in [-0.2, -0.15) is 0 Å². The van der Waals surface area contributed by atoms with Crippen LogP contribution in [0, 0.1) is 29.1 Å². The summed E-state index contributed by atoms with van der Waals surface area (Å²) >= 11 is 0. The molecule has 30 heavy (non-hydrogen) atoms. The normalized spacial score (nSPS) is 24.0. The minimum atomic E-state index is -0.503. The average Bonchev–Trinajstić information content (AvgIpc) is 2.67. The molecule has 0 N–H and O–H groups in total. The second kappa shape index (κ2) is 11.1. The lowest BCUT2D eigenvalue weighted by molar-refractivity contribution is -0.161. The van der Waals surface area contributed by atoms with E-state index < -0.39 is 5.41 Å². The van der Waals surface area contributed by atoms with E-state index in [1.165, 1.54) is 18.4 Å². The predicted molar refractivity (Wildman–Crippen MR) is 124 cm³/mol. The summed E-state index contributed by atoms with van der Waals surface area (Å²) in [5.41, 5.74) is 1.79. The van der Waals surface area contributed by atoms with Gasteiger partial charge in [-0.1, -0.05) is 57.5 Å². The minimum Gasteiger partial charge on any atom is -0.457 e. The Labute approximate surface area is 184 Å². The highest BCUT2D eigenvalue weighted by Gasteiger charge is 2.38. The second-order valence-corrected chi connectivity index (χ2v) is 10.6. The van der Waals surface area contributed by atoms with Crippen LogP contribution < -0.4 is 0 Å². The van der Waals surface area contributed by atoms with Crippen molar-refractivity contribution in [1.82, 2.24) is 0 Å². The maximum atomic E-state index is 12.8. The fourth-order valence-corrected chi connectivity index (χ4v) is 4.43. The zero-order valence-electron chi connectivity index (χ0n) is 20.1. The summed E-state index contributed by atoms with van der Waals surface area (Å²) < 4.78 is 12.1. The summed E-state index contributed by atoms with van der Waals surface area (Å²) in [5, 5.41) is 0. The van der Waals surface area contributed by atoms with E-state index in [1.54, 1.807) is 0 Å². The Morgan fingerprint density at radius 3 is 2.40 bits per heavy atom. The molecular formula is C27H42O3. The van der Waals surface area contributed by atoms with Crippen molar-refractivity contribution < 1.29 is 14.3 Å². The number of benzene rings is 1. The molecule has 1 aromatic carbocycles. The Balaban J connectivity index is 2.14. The Morgan fingerprint density at radius 1 is 1.13 bits per heavy atom. The molecule has 0 saturated heterocycles. The molecule has 1 aromatic rings. The van der Waals surface area contributed by atoms with E-state index in [9.17, 15) is 4.79 Å². The molecule has 3 nitrogen and oxygen atoms in total. The molecule has 0 spiro atoms. The topological polar surface area (TPSA) is 35.5 Å². The van der Waals surface area contributed by atoms with Gasteiger partial charge in [-0.05, 0) is 75.5 Å². The van der Waals surface area contributed by atoms with Crippen LogP contribution in [-0.2, 0) is 20.9 Å². The first-order valence-corrected chi connectivity index (χ1v) is 11.6. The number of carbonyl (C=O) groups excluding carboxylic acids is 1. The predicted octanol–water partition coefficient (Wildman–Crippen LogP) is 6.82. The van der Waals surface area contributed by atoms with E-state index >= 15 is 0 Å². The van der Waals surface area contributed by atoms with Gasteiger partial charge in [0.15, 0.2) is 0 Å². The van der Waals surface area contributed by atoms with Crippen molar-refractivity contribution in [2.75, 3.05) is 6.61 Å². The average molecular weight is 415 g/mol. The third-order valence-corrected chi connectivity index (χ3v) is 6.24. The maximum Gasteiger partial charge on any atom is 0.311 e. The van der Waals surface area contributed by atoms with E-state index in [0.717, 1.165) is 12.0 Å². The Bertz CT molecular complexity index is 684. The van der Waals surface area contributed by atoms with Crippen LogP contribution in [0.1, 0.15) is 73.3 Å². The van der Waals surface area contributed by atoms with Crippen LogP contribution in [0.15, 0.2) is 42.0 Å². The summed E-state index contributed by atoms with van der Waals surface area (Å²) in [6.45, 7) is 15.9. The first-order valence-electron chi connectivity index (χ1n) is 11.6. The van der Waals surface area contributed by atoms with Crippen LogP contribution in [0.25, 0.3) is 0 Å². The van der Waals surface area contributed by atoms with Crippen molar-refractivity contribution in [3.05, 3.63) is 47.5 Å². The first-order chi connectivity index (χ1) is 14.1. The lowest BCUT2D eigenvalue weighted by Gasteiger charge is -2.41. The van der Waals surface area contributed by atoms with Crippen molar-refractivity contribution in [3.8, 4) is 0 Å². The third kappa shape index (κ3) is 7.58. The van der Waals surface area contributed by atoms with Crippen LogP contribution in [0.2, 0.25) is 0 Å². The van der Waals surface area contributed by atoms with Crippen molar-refractivity contribution in [2.24, 2.45) is 29.1 Å². The summed E-state index contributed by atoms with van der Waals surface area (Å²) in [6, 6.07) is 10.2. The highest BCUT2D eigenvalue weighted by Crippen LogP contribution is 2.41. The highest BCUT2D eigenvalue weighted by atomic mass is 16.5. The molecular weight excluding hydrogens is 372 g/mol. The molecule has 0 aliphatic heterocycles. The van der Waals surface area contributed by atoms with Gasteiger partial charge >= 0.3 is 5.97 Å². The van der Waals surface area contributed by atoms with E-state index in [0.29, 0.717) is 36.9 Å². The maximum absolute atomic E-state index is 12.8. The van der Waals surface area contributed by atoms with Crippen LogP contribution in [0.3, 0.4) is 0 Å². The van der Waals surface area contributed by atoms with Gasteiger partial charge in [-0.25, -0.2) is 0 Å². The molecule has 0 radical (unpaired) electrons. The van der Waals surface area contributed by atoms with Gasteiger partial charge in [0.1, 0.15) is 6.10 Å². The molecule has 0 amide bonds. The molecule has 1 saturated carbocycles. The molecule has 3 heteroatoms. The molecule has 1 aliphatic carbocycles. The van der Waals surface area contributed by atoms with Crippen molar-refractivity contribution in [3.63, 3.8) is 0 Å².